The zero-order valence-electron chi connectivity index (χ0n) is 17.3. The number of hydrogen-bond acceptors (Lipinski definition) is 4. The maximum atomic E-state index is 12.7. The highest BCUT2D eigenvalue weighted by Gasteiger charge is 2.35. The molecule has 1 aliphatic rings. The van der Waals surface area contributed by atoms with Crippen molar-refractivity contribution in [3.63, 3.8) is 0 Å². The largest absolute Gasteiger partial charge is 0.433 e. The number of ether oxygens (including phenoxy) is 1. The van der Waals surface area contributed by atoms with Crippen molar-refractivity contribution in [1.82, 2.24) is 9.91 Å². The van der Waals surface area contributed by atoms with E-state index in [4.69, 9.17) is 11.6 Å². The molecule has 1 atom stereocenters. The fourth-order valence-corrected chi connectivity index (χ4v) is 3.48. The third-order valence-electron chi connectivity index (χ3n) is 4.60. The molecule has 0 aromatic heterocycles. The Kier molecular flexibility index (Phi) is 8.83. The third kappa shape index (κ3) is 6.04. The van der Waals surface area contributed by atoms with E-state index in [0.29, 0.717) is 25.1 Å². The number of nitrogens with one attached hydrogen (secondary N) is 1. The molecule has 10 heteroatoms. The number of halogens is 3. The van der Waals surface area contributed by atoms with Gasteiger partial charge in [-0.15, -0.1) is 0 Å². The van der Waals surface area contributed by atoms with Crippen molar-refractivity contribution in [2.45, 2.75) is 59.1 Å². The summed E-state index contributed by atoms with van der Waals surface area (Å²) in [6.07, 6.45) is 2.62. The number of hydrogen-bond donors (Lipinski definition) is 1. The van der Waals surface area contributed by atoms with Gasteiger partial charge in [0.15, 0.2) is 0 Å². The van der Waals surface area contributed by atoms with E-state index >= 15 is 0 Å². The Morgan fingerprint density at radius 3 is 2.63 bits per heavy atom. The predicted molar refractivity (Wildman–Crippen MR) is 112 cm³/mol. The summed E-state index contributed by atoms with van der Waals surface area (Å²) in [4.78, 5) is 27.0. The summed E-state index contributed by atoms with van der Waals surface area (Å²) in [7, 11) is 0. The second kappa shape index (κ2) is 11.1. The highest BCUT2D eigenvalue weighted by atomic mass is 35.5. The number of urea groups is 1. The lowest BCUT2D eigenvalue weighted by Crippen LogP contribution is -2.47. The van der Waals surface area contributed by atoms with Gasteiger partial charge in [-0.2, -0.15) is 13.9 Å². The first kappa shape index (κ1) is 23.9. The van der Waals surface area contributed by atoms with Crippen LogP contribution in [0.2, 0.25) is 5.02 Å². The molecule has 1 heterocycles. The standard InChI is InChI=1S/C20H27ClF2N4O3/c1-4-7-18(28)26(10-5-2)16-12-27(25-15(16)6-3)20(29)24-13-8-9-17(14(21)11-13)30-19(22)23/h8-9,11,16,19H,4-7,10,12H2,1-3H3,(H,24,29). The number of carbonyl (C=O) groups is 2. The Hall–Kier alpha value is -2.42. The molecule has 0 radical (unpaired) electrons. The van der Waals surface area contributed by atoms with Gasteiger partial charge < -0.3 is 15.0 Å². The molecule has 1 unspecified atom stereocenters. The van der Waals surface area contributed by atoms with Gasteiger partial charge in [-0.1, -0.05) is 32.4 Å². The Morgan fingerprint density at radius 1 is 1.33 bits per heavy atom. The number of nitrogens with zero attached hydrogens (tertiary/aromatic N) is 3. The lowest BCUT2D eigenvalue weighted by Gasteiger charge is -2.29. The summed E-state index contributed by atoms with van der Waals surface area (Å²) in [6.45, 7) is 3.74. The summed E-state index contributed by atoms with van der Waals surface area (Å²) in [5.74, 6) is -0.129. The Labute approximate surface area is 180 Å². The van der Waals surface area contributed by atoms with E-state index in [0.717, 1.165) is 18.6 Å². The molecule has 0 spiro atoms. The molecule has 0 aliphatic carbocycles. The Morgan fingerprint density at radius 2 is 2.07 bits per heavy atom. The summed E-state index contributed by atoms with van der Waals surface area (Å²) in [6, 6.07) is 3.23. The van der Waals surface area contributed by atoms with Crippen LogP contribution in [0.5, 0.6) is 5.75 Å². The van der Waals surface area contributed by atoms with E-state index in [2.05, 4.69) is 15.2 Å². The number of hydrazone groups is 1. The van der Waals surface area contributed by atoms with Gasteiger partial charge in [-0.3, -0.25) is 4.79 Å². The summed E-state index contributed by atoms with van der Waals surface area (Å²) in [5, 5.41) is 8.27. The Bertz CT molecular complexity index is 791. The van der Waals surface area contributed by atoms with E-state index < -0.39 is 12.6 Å². The quantitative estimate of drug-likeness (QED) is 0.584. The number of anilines is 1. The monoisotopic (exact) mass is 444 g/mol. The zero-order chi connectivity index (χ0) is 22.3. The SMILES string of the molecule is CCCC(=O)N(CCC)C1CN(C(=O)Nc2ccc(OC(F)F)c(Cl)c2)N=C1CC. The van der Waals surface area contributed by atoms with Crippen molar-refractivity contribution >= 4 is 34.9 Å². The van der Waals surface area contributed by atoms with Crippen LogP contribution in [0.25, 0.3) is 0 Å². The molecule has 30 heavy (non-hydrogen) atoms. The molecule has 7 nitrogen and oxygen atoms in total. The van der Waals surface area contributed by atoms with Crippen LogP contribution in [-0.2, 0) is 4.79 Å². The summed E-state index contributed by atoms with van der Waals surface area (Å²) < 4.78 is 29.0. The topological polar surface area (TPSA) is 74.2 Å². The number of benzene rings is 1. The highest BCUT2D eigenvalue weighted by molar-refractivity contribution is 6.32. The molecule has 166 valence electrons. The molecular formula is C20H27ClF2N4O3. The minimum atomic E-state index is -2.99. The van der Waals surface area contributed by atoms with E-state index in [1.165, 1.54) is 23.2 Å². The normalized spacial score (nSPS) is 15.9. The van der Waals surface area contributed by atoms with Crippen molar-refractivity contribution in [2.75, 3.05) is 18.4 Å². The fourth-order valence-electron chi connectivity index (χ4n) is 3.26. The molecule has 1 aromatic rings. The third-order valence-corrected chi connectivity index (χ3v) is 4.90. The molecule has 0 bridgehead atoms. The van der Waals surface area contributed by atoms with Crippen molar-refractivity contribution in [3.8, 4) is 5.75 Å². The van der Waals surface area contributed by atoms with E-state index in [-0.39, 0.29) is 29.3 Å². The van der Waals surface area contributed by atoms with E-state index in [1.807, 2.05) is 20.8 Å². The summed E-state index contributed by atoms with van der Waals surface area (Å²) >= 11 is 5.93. The van der Waals surface area contributed by atoms with E-state index in [9.17, 15) is 18.4 Å². The van der Waals surface area contributed by atoms with Crippen LogP contribution >= 0.6 is 11.6 Å². The fraction of sp³-hybridized carbons (Fsp3) is 0.550. The molecule has 0 saturated carbocycles. The molecule has 2 rings (SSSR count). The van der Waals surface area contributed by atoms with Gasteiger partial charge in [0.05, 0.1) is 23.3 Å². The van der Waals surface area contributed by atoms with Gasteiger partial charge in [0.25, 0.3) is 0 Å². The lowest BCUT2D eigenvalue weighted by atomic mass is 10.1. The summed E-state index contributed by atoms with van der Waals surface area (Å²) in [5.41, 5.74) is 1.08. The Balaban J connectivity index is 2.11. The first-order chi connectivity index (χ1) is 14.3. The van der Waals surface area contributed by atoms with Gasteiger partial charge in [0.2, 0.25) is 5.91 Å². The van der Waals surface area contributed by atoms with Crippen LogP contribution in [0.4, 0.5) is 19.3 Å². The molecule has 0 saturated heterocycles. The molecule has 1 aliphatic heterocycles. The number of carbonyl (C=O) groups excluding carboxylic acids is 2. The molecule has 3 amide bonds. The minimum Gasteiger partial charge on any atom is -0.433 e. The van der Waals surface area contributed by atoms with Crippen LogP contribution < -0.4 is 10.1 Å². The molecule has 1 N–H and O–H groups in total. The van der Waals surface area contributed by atoms with Gasteiger partial charge in [0, 0.05) is 18.7 Å². The second-order valence-electron chi connectivity index (χ2n) is 6.83. The maximum absolute atomic E-state index is 12.7. The average Bonchev–Trinajstić information content (AvgIpc) is 3.12. The second-order valence-corrected chi connectivity index (χ2v) is 7.24. The van der Waals surface area contributed by atoms with Gasteiger partial charge in [-0.25, -0.2) is 9.80 Å². The van der Waals surface area contributed by atoms with Crippen molar-refractivity contribution < 1.29 is 23.1 Å². The minimum absolute atomic E-state index is 0.0501. The first-order valence-corrected chi connectivity index (χ1v) is 10.4. The van der Waals surface area contributed by atoms with Crippen molar-refractivity contribution in [1.29, 1.82) is 0 Å². The lowest BCUT2D eigenvalue weighted by molar-refractivity contribution is -0.132. The molecule has 0 fully saturated rings. The highest BCUT2D eigenvalue weighted by Crippen LogP contribution is 2.29. The number of alkyl halides is 2. The van der Waals surface area contributed by atoms with Crippen LogP contribution in [0.1, 0.15) is 46.5 Å². The van der Waals surface area contributed by atoms with Gasteiger partial charge >= 0.3 is 12.6 Å². The molecule has 1 aromatic carbocycles. The first-order valence-electron chi connectivity index (χ1n) is 10.00. The van der Waals surface area contributed by atoms with Crippen LogP contribution in [0.15, 0.2) is 23.3 Å². The smallest absolute Gasteiger partial charge is 0.387 e. The van der Waals surface area contributed by atoms with Crippen LogP contribution in [0, 0.1) is 0 Å². The van der Waals surface area contributed by atoms with Crippen LogP contribution in [-0.4, -0.2) is 53.3 Å². The van der Waals surface area contributed by atoms with Gasteiger partial charge in [0.1, 0.15) is 5.75 Å². The van der Waals surface area contributed by atoms with E-state index in [1.54, 1.807) is 4.90 Å². The number of rotatable bonds is 9. The van der Waals surface area contributed by atoms with Crippen LogP contribution in [0.3, 0.4) is 0 Å². The van der Waals surface area contributed by atoms with Crippen molar-refractivity contribution in [3.05, 3.63) is 23.2 Å². The van der Waals surface area contributed by atoms with Crippen molar-refractivity contribution in [2.24, 2.45) is 5.10 Å². The van der Waals surface area contributed by atoms with Gasteiger partial charge in [-0.05, 0) is 37.5 Å². The molecular weight excluding hydrogens is 418 g/mol. The number of amides is 3. The maximum Gasteiger partial charge on any atom is 0.387 e. The average molecular weight is 445 g/mol. The zero-order valence-corrected chi connectivity index (χ0v) is 18.1. The predicted octanol–water partition coefficient (Wildman–Crippen LogP) is 4.96.